The largest absolute Gasteiger partial charge is 0.379 e. The Labute approximate surface area is 167 Å². The number of ether oxygens (including phenoxy) is 1. The van der Waals surface area contributed by atoms with Crippen LogP contribution in [0.2, 0.25) is 5.02 Å². The van der Waals surface area contributed by atoms with Gasteiger partial charge in [-0.1, -0.05) is 17.7 Å². The summed E-state index contributed by atoms with van der Waals surface area (Å²) >= 11 is 5.90. The molecule has 0 unspecified atom stereocenters. The maximum Gasteiger partial charge on any atom is 0.277 e. The number of hydrogen-bond donors (Lipinski definition) is 1. The highest BCUT2D eigenvalue weighted by Crippen LogP contribution is 2.14. The van der Waals surface area contributed by atoms with E-state index >= 15 is 0 Å². The van der Waals surface area contributed by atoms with Crippen LogP contribution in [0.25, 0.3) is 5.69 Å². The van der Waals surface area contributed by atoms with Crippen LogP contribution in [0.4, 0.5) is 5.82 Å². The number of amides is 1. The van der Waals surface area contributed by atoms with E-state index in [1.807, 2.05) is 24.3 Å². The number of morpholine rings is 1. The Morgan fingerprint density at radius 1 is 1.11 bits per heavy atom. The average molecular weight is 398 g/mol. The quantitative estimate of drug-likeness (QED) is 0.716. The third-order valence-electron chi connectivity index (χ3n) is 4.49. The second-order valence-corrected chi connectivity index (χ2v) is 6.95. The topological polar surface area (TPSA) is 72.3 Å². The highest BCUT2D eigenvalue weighted by Gasteiger charge is 2.13. The molecule has 0 spiro atoms. The third-order valence-corrected chi connectivity index (χ3v) is 4.74. The summed E-state index contributed by atoms with van der Waals surface area (Å²) in [6.45, 7) is 4.22. The number of halogens is 1. The Balaban J connectivity index is 1.37. The van der Waals surface area contributed by atoms with Gasteiger partial charge in [0, 0.05) is 37.1 Å². The van der Waals surface area contributed by atoms with E-state index in [9.17, 15) is 4.79 Å². The lowest BCUT2D eigenvalue weighted by atomic mass is 10.2. The summed E-state index contributed by atoms with van der Waals surface area (Å²) in [6, 6.07) is 12.7. The number of nitrogens with one attached hydrogen (secondary N) is 1. The first-order valence-electron chi connectivity index (χ1n) is 9.05. The lowest BCUT2D eigenvalue weighted by molar-refractivity contribution is 0.0341. The van der Waals surface area contributed by atoms with E-state index in [2.05, 4.69) is 20.3 Å². The molecule has 1 aliphatic rings. The molecule has 3 aromatic rings. The fourth-order valence-electron chi connectivity index (χ4n) is 2.97. The van der Waals surface area contributed by atoms with E-state index in [-0.39, 0.29) is 5.91 Å². The molecule has 7 nitrogen and oxygen atoms in total. The maximum absolute atomic E-state index is 12.4. The second kappa shape index (κ2) is 8.52. The lowest BCUT2D eigenvalue weighted by Crippen LogP contribution is -2.35. The molecule has 0 radical (unpaired) electrons. The summed E-state index contributed by atoms with van der Waals surface area (Å²) in [5.74, 6) is 0.193. The van der Waals surface area contributed by atoms with Crippen molar-refractivity contribution in [2.24, 2.45) is 0 Å². The Morgan fingerprint density at radius 3 is 2.61 bits per heavy atom. The average Bonchev–Trinajstić information content (AvgIpc) is 3.21. The standard InChI is InChI=1S/C20H20ClN5O2/c21-16-2-4-17(5-3-16)26-8-7-18(24-26)20(27)23-19-6-1-15(13-22-19)14-25-9-11-28-12-10-25/h1-8,13H,9-12,14H2,(H,22,23,27). The molecule has 0 atom stereocenters. The van der Waals surface area contributed by atoms with Crippen molar-refractivity contribution in [3.05, 3.63) is 71.1 Å². The lowest BCUT2D eigenvalue weighted by Gasteiger charge is -2.26. The molecule has 144 valence electrons. The summed E-state index contributed by atoms with van der Waals surface area (Å²) in [7, 11) is 0. The molecule has 1 aromatic carbocycles. The van der Waals surface area contributed by atoms with E-state index in [1.165, 1.54) is 0 Å². The van der Waals surface area contributed by atoms with E-state index in [0.717, 1.165) is 44.1 Å². The van der Waals surface area contributed by atoms with Crippen LogP contribution in [0.15, 0.2) is 54.9 Å². The minimum atomic E-state index is -0.304. The van der Waals surface area contributed by atoms with Crippen molar-refractivity contribution in [1.29, 1.82) is 0 Å². The van der Waals surface area contributed by atoms with Gasteiger partial charge in [-0.05, 0) is 42.0 Å². The van der Waals surface area contributed by atoms with Crippen LogP contribution in [0.1, 0.15) is 16.1 Å². The van der Waals surface area contributed by atoms with E-state index in [1.54, 1.807) is 35.3 Å². The fraction of sp³-hybridized carbons (Fsp3) is 0.250. The Hall–Kier alpha value is -2.74. The molecule has 1 N–H and O–H groups in total. The second-order valence-electron chi connectivity index (χ2n) is 6.52. The van der Waals surface area contributed by atoms with Gasteiger partial charge in [-0.3, -0.25) is 9.69 Å². The van der Waals surface area contributed by atoms with Crippen molar-refractivity contribution in [3.63, 3.8) is 0 Å². The predicted molar refractivity (Wildman–Crippen MR) is 107 cm³/mol. The van der Waals surface area contributed by atoms with Gasteiger partial charge in [-0.15, -0.1) is 0 Å². The number of pyridine rings is 1. The van der Waals surface area contributed by atoms with Crippen molar-refractivity contribution < 1.29 is 9.53 Å². The number of carbonyl (C=O) groups excluding carboxylic acids is 1. The normalized spacial score (nSPS) is 14.8. The predicted octanol–water partition coefficient (Wildman–Crippen LogP) is 3.01. The fourth-order valence-corrected chi connectivity index (χ4v) is 3.10. The molecule has 3 heterocycles. The van der Waals surface area contributed by atoms with Gasteiger partial charge in [0.1, 0.15) is 5.82 Å². The molecule has 28 heavy (non-hydrogen) atoms. The summed E-state index contributed by atoms with van der Waals surface area (Å²) in [5.41, 5.74) is 2.25. The summed E-state index contributed by atoms with van der Waals surface area (Å²) < 4.78 is 6.99. The van der Waals surface area contributed by atoms with Gasteiger partial charge in [-0.2, -0.15) is 5.10 Å². The number of aromatic nitrogens is 3. The molecule has 0 saturated carbocycles. The van der Waals surface area contributed by atoms with Gasteiger partial charge >= 0.3 is 0 Å². The number of hydrogen-bond acceptors (Lipinski definition) is 5. The third kappa shape index (κ3) is 4.56. The molecule has 1 amide bonds. The number of anilines is 1. The van der Waals surface area contributed by atoms with Crippen LogP contribution in [-0.2, 0) is 11.3 Å². The molecule has 8 heteroatoms. The van der Waals surface area contributed by atoms with Gasteiger partial charge in [0.25, 0.3) is 5.91 Å². The SMILES string of the molecule is O=C(Nc1ccc(CN2CCOCC2)cn1)c1ccn(-c2ccc(Cl)cc2)n1. The Kier molecular flexibility index (Phi) is 5.66. The summed E-state index contributed by atoms with van der Waals surface area (Å²) in [6.07, 6.45) is 3.52. The highest BCUT2D eigenvalue weighted by atomic mass is 35.5. The monoisotopic (exact) mass is 397 g/mol. The van der Waals surface area contributed by atoms with Crippen molar-refractivity contribution >= 4 is 23.3 Å². The summed E-state index contributed by atoms with van der Waals surface area (Å²) in [5, 5.41) is 7.75. The van der Waals surface area contributed by atoms with E-state index < -0.39 is 0 Å². The number of carbonyl (C=O) groups is 1. The van der Waals surface area contributed by atoms with Crippen LogP contribution in [0.5, 0.6) is 0 Å². The van der Waals surface area contributed by atoms with Gasteiger partial charge in [-0.25, -0.2) is 9.67 Å². The van der Waals surface area contributed by atoms with Crippen LogP contribution in [0, 0.1) is 0 Å². The molecule has 1 aliphatic heterocycles. The zero-order chi connectivity index (χ0) is 19.3. The number of rotatable bonds is 5. The van der Waals surface area contributed by atoms with Gasteiger partial charge in [0.15, 0.2) is 5.69 Å². The van der Waals surface area contributed by atoms with E-state index in [4.69, 9.17) is 16.3 Å². The molecule has 1 saturated heterocycles. The van der Waals surface area contributed by atoms with Crippen molar-refractivity contribution in [2.75, 3.05) is 31.6 Å². The molecule has 2 aromatic heterocycles. The van der Waals surface area contributed by atoms with Crippen LogP contribution < -0.4 is 5.32 Å². The van der Waals surface area contributed by atoms with Gasteiger partial charge in [0.2, 0.25) is 0 Å². The van der Waals surface area contributed by atoms with Crippen molar-refractivity contribution in [1.82, 2.24) is 19.7 Å². The van der Waals surface area contributed by atoms with E-state index in [0.29, 0.717) is 16.5 Å². The minimum absolute atomic E-state index is 0.304. The number of benzene rings is 1. The minimum Gasteiger partial charge on any atom is -0.379 e. The maximum atomic E-state index is 12.4. The van der Waals surface area contributed by atoms with Crippen molar-refractivity contribution in [3.8, 4) is 5.69 Å². The van der Waals surface area contributed by atoms with Crippen LogP contribution >= 0.6 is 11.6 Å². The first kappa shape index (κ1) is 18.6. The molecule has 0 bridgehead atoms. The first-order valence-corrected chi connectivity index (χ1v) is 9.43. The molecule has 0 aliphatic carbocycles. The molecular formula is C20H20ClN5O2. The van der Waals surface area contributed by atoms with Gasteiger partial charge < -0.3 is 10.1 Å². The number of nitrogens with zero attached hydrogens (tertiary/aromatic N) is 4. The zero-order valence-corrected chi connectivity index (χ0v) is 16.0. The molecular weight excluding hydrogens is 378 g/mol. The molecule has 4 rings (SSSR count). The van der Waals surface area contributed by atoms with Gasteiger partial charge in [0.05, 0.1) is 18.9 Å². The van der Waals surface area contributed by atoms with Crippen LogP contribution in [0.3, 0.4) is 0 Å². The Bertz CT molecular complexity index is 934. The van der Waals surface area contributed by atoms with Crippen LogP contribution in [-0.4, -0.2) is 51.9 Å². The summed E-state index contributed by atoms with van der Waals surface area (Å²) in [4.78, 5) is 19.1. The van der Waals surface area contributed by atoms with Crippen molar-refractivity contribution in [2.45, 2.75) is 6.54 Å². The zero-order valence-electron chi connectivity index (χ0n) is 15.2. The molecule has 1 fully saturated rings. The highest BCUT2D eigenvalue weighted by molar-refractivity contribution is 6.30. The Morgan fingerprint density at radius 2 is 1.89 bits per heavy atom. The first-order chi connectivity index (χ1) is 13.7. The smallest absolute Gasteiger partial charge is 0.277 e.